The first-order valence-electron chi connectivity index (χ1n) is 12.8. The number of likely N-dealkylation sites (tertiary alicyclic amines) is 1. The van der Waals surface area contributed by atoms with Crippen LogP contribution >= 0.6 is 11.6 Å². The number of piperidine rings is 1. The van der Waals surface area contributed by atoms with Crippen molar-refractivity contribution in [3.63, 3.8) is 0 Å². The van der Waals surface area contributed by atoms with Crippen LogP contribution in [0.1, 0.15) is 49.3 Å². The molecule has 2 N–H and O–H groups in total. The van der Waals surface area contributed by atoms with Gasteiger partial charge < -0.3 is 19.8 Å². The number of methoxy groups -OCH3 is 1. The van der Waals surface area contributed by atoms with Crippen LogP contribution in [0.2, 0.25) is 5.02 Å². The van der Waals surface area contributed by atoms with E-state index >= 15 is 0 Å². The third-order valence-electron chi connectivity index (χ3n) is 7.44. The zero-order chi connectivity index (χ0) is 25.5. The van der Waals surface area contributed by atoms with Crippen molar-refractivity contribution in [1.82, 2.24) is 9.88 Å². The second-order valence-electron chi connectivity index (χ2n) is 9.72. The smallest absolute Gasteiger partial charge is 0.308 e. The Morgan fingerprint density at radius 2 is 2.06 bits per heavy atom. The fourth-order valence-electron chi connectivity index (χ4n) is 5.34. The van der Waals surface area contributed by atoms with Crippen molar-refractivity contribution in [2.45, 2.75) is 44.6 Å². The van der Waals surface area contributed by atoms with E-state index in [0.29, 0.717) is 25.1 Å². The summed E-state index contributed by atoms with van der Waals surface area (Å²) in [5.74, 6) is -0.383. The third kappa shape index (κ3) is 6.55. The number of aryl methyl sites for hydroxylation is 1. The van der Waals surface area contributed by atoms with Crippen molar-refractivity contribution in [2.24, 2.45) is 11.8 Å². The number of hydrogen-bond acceptors (Lipinski definition) is 5. The van der Waals surface area contributed by atoms with Crippen LogP contribution in [0.15, 0.2) is 54.7 Å². The van der Waals surface area contributed by atoms with Gasteiger partial charge in [-0.15, -0.1) is 0 Å². The summed E-state index contributed by atoms with van der Waals surface area (Å²) in [5.41, 5.74) is 2.78. The summed E-state index contributed by atoms with van der Waals surface area (Å²) in [6.07, 6.45) is 6.02. The Balaban J connectivity index is 1.30. The average molecular weight is 511 g/mol. The number of nitrogens with zero attached hydrogens (tertiary/aromatic N) is 2. The van der Waals surface area contributed by atoms with E-state index in [0.717, 1.165) is 60.3 Å². The van der Waals surface area contributed by atoms with E-state index in [9.17, 15) is 15.0 Å². The molecule has 0 spiro atoms. The fourth-order valence-corrected chi connectivity index (χ4v) is 5.57. The molecule has 1 saturated heterocycles. The first-order chi connectivity index (χ1) is 17.5. The van der Waals surface area contributed by atoms with Crippen LogP contribution in [0, 0.1) is 11.8 Å². The van der Waals surface area contributed by atoms with Crippen LogP contribution in [-0.2, 0) is 11.2 Å². The molecule has 0 bridgehead atoms. The molecule has 0 aliphatic carbocycles. The molecule has 1 aromatic heterocycles. The standard InChI is InChI=1S/C29H35ClN2O4/c1-36-22-10-11-27-24(18-22)23(13-15-31-27)28(33)12-9-20-14-17-32(19-25(20)29(34)35)16-5-4-7-21-6-2-3-8-26(21)30/h2-3,6,8,10-11,13,15,18,20,25,28,33H,4-5,7,9,12,14,16-17,19H2,1H3,(H,34,35)/t20-,25+,28-/m1/s1. The Morgan fingerprint density at radius 3 is 2.83 bits per heavy atom. The van der Waals surface area contributed by atoms with Gasteiger partial charge in [-0.1, -0.05) is 29.8 Å². The maximum Gasteiger partial charge on any atom is 0.308 e. The van der Waals surface area contributed by atoms with E-state index in [1.165, 1.54) is 5.56 Å². The van der Waals surface area contributed by atoms with E-state index in [1.54, 1.807) is 13.3 Å². The normalized spacial score (nSPS) is 19.3. The largest absolute Gasteiger partial charge is 0.497 e. The minimum Gasteiger partial charge on any atom is -0.497 e. The summed E-state index contributed by atoms with van der Waals surface area (Å²) in [5, 5.41) is 22.6. The molecule has 0 unspecified atom stereocenters. The first kappa shape index (κ1) is 26.4. The quantitative estimate of drug-likeness (QED) is 0.319. The van der Waals surface area contributed by atoms with Crippen molar-refractivity contribution in [2.75, 3.05) is 26.7 Å². The predicted octanol–water partition coefficient (Wildman–Crippen LogP) is 5.76. The van der Waals surface area contributed by atoms with Crippen molar-refractivity contribution in [3.05, 3.63) is 70.9 Å². The van der Waals surface area contributed by atoms with Crippen molar-refractivity contribution in [3.8, 4) is 5.75 Å². The molecule has 1 aliphatic rings. The Hall–Kier alpha value is -2.67. The number of unbranched alkanes of at least 4 members (excludes halogenated alkanes) is 1. The number of benzene rings is 2. The van der Waals surface area contributed by atoms with E-state index < -0.39 is 18.0 Å². The minimum absolute atomic E-state index is 0.0548. The molecule has 3 atom stereocenters. The van der Waals surface area contributed by atoms with Gasteiger partial charge in [0.25, 0.3) is 0 Å². The molecule has 1 fully saturated rings. The number of carbonyl (C=O) groups is 1. The monoisotopic (exact) mass is 510 g/mol. The Labute approximate surface area is 217 Å². The van der Waals surface area contributed by atoms with Crippen LogP contribution in [0.25, 0.3) is 10.9 Å². The molecule has 2 aromatic carbocycles. The molecule has 4 rings (SSSR count). The number of rotatable bonds is 11. The number of carboxylic acids is 1. The van der Waals surface area contributed by atoms with Gasteiger partial charge in [0.15, 0.2) is 0 Å². The van der Waals surface area contributed by atoms with Crippen molar-refractivity contribution >= 4 is 28.5 Å². The molecule has 2 heterocycles. The molecule has 6 nitrogen and oxygen atoms in total. The number of aromatic nitrogens is 1. The third-order valence-corrected chi connectivity index (χ3v) is 7.81. The average Bonchev–Trinajstić information content (AvgIpc) is 2.90. The molecular weight excluding hydrogens is 476 g/mol. The molecule has 36 heavy (non-hydrogen) atoms. The number of hydrogen-bond donors (Lipinski definition) is 2. The second kappa shape index (κ2) is 12.5. The maximum absolute atomic E-state index is 12.1. The molecule has 0 saturated carbocycles. The fraction of sp³-hybridized carbons (Fsp3) is 0.448. The van der Waals surface area contributed by atoms with Crippen LogP contribution in [-0.4, -0.2) is 52.8 Å². The minimum atomic E-state index is -0.741. The van der Waals surface area contributed by atoms with Gasteiger partial charge in [-0.05, 0) is 99.0 Å². The zero-order valence-corrected chi connectivity index (χ0v) is 21.5. The van der Waals surface area contributed by atoms with Crippen LogP contribution in [0.5, 0.6) is 5.75 Å². The summed E-state index contributed by atoms with van der Waals surface area (Å²) < 4.78 is 5.34. The highest BCUT2D eigenvalue weighted by Crippen LogP contribution is 2.34. The molecule has 192 valence electrons. The van der Waals surface area contributed by atoms with Gasteiger partial charge in [0, 0.05) is 23.2 Å². The number of halogens is 1. The van der Waals surface area contributed by atoms with E-state index in [-0.39, 0.29) is 5.92 Å². The van der Waals surface area contributed by atoms with E-state index in [1.807, 2.05) is 42.5 Å². The summed E-state index contributed by atoms with van der Waals surface area (Å²) in [7, 11) is 1.62. The lowest BCUT2D eigenvalue weighted by Gasteiger charge is -2.37. The maximum atomic E-state index is 12.1. The molecule has 7 heteroatoms. The van der Waals surface area contributed by atoms with Gasteiger partial charge in [0.05, 0.1) is 24.6 Å². The van der Waals surface area contributed by atoms with E-state index in [2.05, 4.69) is 16.0 Å². The number of aliphatic carboxylic acids is 1. The molecular formula is C29H35ClN2O4. The number of aliphatic hydroxyl groups excluding tert-OH is 1. The summed E-state index contributed by atoms with van der Waals surface area (Å²) in [4.78, 5) is 18.8. The lowest BCUT2D eigenvalue weighted by molar-refractivity contribution is -0.146. The molecule has 0 amide bonds. The lowest BCUT2D eigenvalue weighted by Crippen LogP contribution is -2.44. The number of pyridine rings is 1. The van der Waals surface area contributed by atoms with Gasteiger partial charge in [-0.2, -0.15) is 0 Å². The van der Waals surface area contributed by atoms with Crippen molar-refractivity contribution < 1.29 is 19.7 Å². The Kier molecular flexibility index (Phi) is 9.19. The highest BCUT2D eigenvalue weighted by Gasteiger charge is 2.34. The van der Waals surface area contributed by atoms with Crippen LogP contribution in [0.4, 0.5) is 0 Å². The van der Waals surface area contributed by atoms with Crippen LogP contribution in [0.3, 0.4) is 0 Å². The van der Waals surface area contributed by atoms with Gasteiger partial charge >= 0.3 is 5.97 Å². The lowest BCUT2D eigenvalue weighted by atomic mass is 9.81. The van der Waals surface area contributed by atoms with E-state index in [4.69, 9.17) is 16.3 Å². The second-order valence-corrected chi connectivity index (χ2v) is 10.1. The van der Waals surface area contributed by atoms with Crippen LogP contribution < -0.4 is 4.74 Å². The van der Waals surface area contributed by atoms with Gasteiger partial charge in [0.2, 0.25) is 0 Å². The molecule has 0 radical (unpaired) electrons. The summed E-state index contributed by atoms with van der Waals surface area (Å²) in [6, 6.07) is 15.4. The van der Waals surface area contributed by atoms with Gasteiger partial charge in [0.1, 0.15) is 5.75 Å². The Morgan fingerprint density at radius 1 is 1.22 bits per heavy atom. The highest BCUT2D eigenvalue weighted by molar-refractivity contribution is 6.31. The van der Waals surface area contributed by atoms with Gasteiger partial charge in [-0.25, -0.2) is 0 Å². The summed E-state index contributed by atoms with van der Waals surface area (Å²) >= 11 is 6.25. The molecule has 3 aromatic rings. The van der Waals surface area contributed by atoms with Crippen molar-refractivity contribution in [1.29, 1.82) is 0 Å². The number of fused-ring (bicyclic) bond motifs is 1. The predicted molar refractivity (Wildman–Crippen MR) is 143 cm³/mol. The number of aliphatic hydroxyl groups is 1. The topological polar surface area (TPSA) is 82.9 Å². The van der Waals surface area contributed by atoms with Gasteiger partial charge in [-0.3, -0.25) is 9.78 Å². The first-order valence-corrected chi connectivity index (χ1v) is 13.1. The zero-order valence-electron chi connectivity index (χ0n) is 20.8. The highest BCUT2D eigenvalue weighted by atomic mass is 35.5. The Bertz CT molecular complexity index is 1170. The number of ether oxygens (including phenoxy) is 1. The summed E-state index contributed by atoms with van der Waals surface area (Å²) in [6.45, 7) is 2.36. The molecule has 1 aliphatic heterocycles. The SMILES string of the molecule is COc1ccc2nccc([C@H](O)CC[C@@H]3CCN(CCCCc4ccccc4Cl)C[C@@H]3C(=O)O)c2c1. The number of carboxylic acid groups (broad SMARTS) is 1.